The number of aryl methyl sites for hydroxylation is 1. The average molecular weight is 254 g/mol. The minimum Gasteiger partial charge on any atom is -0.360 e. The highest BCUT2D eigenvalue weighted by molar-refractivity contribution is 7.09. The Hall–Kier alpha value is -1.13. The zero-order valence-corrected chi connectivity index (χ0v) is 10.6. The molecule has 2 rings (SSSR count). The Morgan fingerprint density at radius 3 is 2.94 bits per heavy atom. The predicted molar refractivity (Wildman–Crippen MR) is 68.1 cm³/mol. The molecule has 0 aliphatic carbocycles. The van der Waals surface area contributed by atoms with Gasteiger partial charge in [-0.2, -0.15) is 0 Å². The molecular formula is C11H12ClN3S. The summed E-state index contributed by atoms with van der Waals surface area (Å²) in [4.78, 5) is 8.61. The molecule has 1 unspecified atom stereocenters. The van der Waals surface area contributed by atoms with Crippen LogP contribution in [-0.2, 0) is 0 Å². The van der Waals surface area contributed by atoms with Crippen molar-refractivity contribution in [2.75, 3.05) is 5.32 Å². The minimum absolute atomic E-state index is 0.117. The van der Waals surface area contributed by atoms with Crippen LogP contribution in [0.3, 0.4) is 0 Å². The molecular weight excluding hydrogens is 242 g/mol. The fraction of sp³-hybridized carbons (Fsp3) is 0.273. The topological polar surface area (TPSA) is 37.8 Å². The van der Waals surface area contributed by atoms with E-state index in [1.54, 1.807) is 17.5 Å². The van der Waals surface area contributed by atoms with Gasteiger partial charge in [0.2, 0.25) is 0 Å². The van der Waals surface area contributed by atoms with Crippen LogP contribution >= 0.6 is 22.9 Å². The normalized spacial score (nSPS) is 12.4. The van der Waals surface area contributed by atoms with E-state index in [0.717, 1.165) is 10.7 Å². The van der Waals surface area contributed by atoms with Gasteiger partial charge in [0.25, 0.3) is 0 Å². The zero-order chi connectivity index (χ0) is 11.5. The predicted octanol–water partition coefficient (Wildman–Crippen LogP) is 3.67. The monoisotopic (exact) mass is 253 g/mol. The van der Waals surface area contributed by atoms with E-state index in [4.69, 9.17) is 11.6 Å². The van der Waals surface area contributed by atoms with Crippen molar-refractivity contribution >= 4 is 28.8 Å². The Kier molecular flexibility index (Phi) is 3.41. The highest BCUT2D eigenvalue weighted by Crippen LogP contribution is 2.25. The smallest absolute Gasteiger partial charge is 0.145 e. The first-order valence-corrected chi connectivity index (χ1v) is 6.21. The molecule has 0 bridgehead atoms. The van der Waals surface area contributed by atoms with Crippen LogP contribution in [0.1, 0.15) is 23.7 Å². The molecule has 0 saturated heterocycles. The summed E-state index contributed by atoms with van der Waals surface area (Å²) in [5, 5.41) is 6.95. The third-order valence-corrected chi connectivity index (χ3v) is 3.57. The standard InChI is InChI=1S/C11H12ClN3S/c1-7-6-16-11(14-7)8(2)15-10-9(12)4-3-5-13-10/h3-6,8H,1-2H3,(H,13,15). The lowest BCUT2D eigenvalue weighted by atomic mass is 10.3. The molecule has 2 aromatic heterocycles. The van der Waals surface area contributed by atoms with Gasteiger partial charge in [0.1, 0.15) is 10.8 Å². The largest absolute Gasteiger partial charge is 0.360 e. The van der Waals surface area contributed by atoms with Crippen molar-refractivity contribution in [1.82, 2.24) is 9.97 Å². The van der Waals surface area contributed by atoms with E-state index < -0.39 is 0 Å². The maximum absolute atomic E-state index is 6.02. The van der Waals surface area contributed by atoms with Crippen LogP contribution < -0.4 is 5.32 Å². The van der Waals surface area contributed by atoms with E-state index in [1.165, 1.54) is 0 Å². The molecule has 0 aliphatic heterocycles. The Morgan fingerprint density at radius 2 is 2.31 bits per heavy atom. The van der Waals surface area contributed by atoms with Crippen LogP contribution in [0, 0.1) is 6.92 Å². The zero-order valence-electron chi connectivity index (χ0n) is 9.07. The maximum Gasteiger partial charge on any atom is 0.145 e. The quantitative estimate of drug-likeness (QED) is 0.907. The summed E-state index contributed by atoms with van der Waals surface area (Å²) in [5.41, 5.74) is 1.04. The van der Waals surface area contributed by atoms with Gasteiger partial charge in [-0.3, -0.25) is 0 Å². The Morgan fingerprint density at radius 1 is 1.50 bits per heavy atom. The molecule has 0 fully saturated rings. The maximum atomic E-state index is 6.02. The van der Waals surface area contributed by atoms with Crippen molar-refractivity contribution in [2.24, 2.45) is 0 Å². The summed E-state index contributed by atoms with van der Waals surface area (Å²) >= 11 is 7.66. The number of halogens is 1. The van der Waals surface area contributed by atoms with Gasteiger partial charge in [-0.05, 0) is 26.0 Å². The van der Waals surface area contributed by atoms with E-state index in [1.807, 2.05) is 31.4 Å². The molecule has 84 valence electrons. The number of nitrogens with zero attached hydrogens (tertiary/aromatic N) is 2. The van der Waals surface area contributed by atoms with E-state index in [2.05, 4.69) is 15.3 Å². The molecule has 0 amide bonds. The van der Waals surface area contributed by atoms with Gasteiger partial charge in [0.15, 0.2) is 0 Å². The highest BCUT2D eigenvalue weighted by Gasteiger charge is 2.11. The molecule has 2 aromatic rings. The number of thiazole rings is 1. The van der Waals surface area contributed by atoms with Gasteiger partial charge in [-0.25, -0.2) is 9.97 Å². The fourth-order valence-corrected chi connectivity index (χ4v) is 2.31. The van der Waals surface area contributed by atoms with E-state index in [0.29, 0.717) is 10.8 Å². The summed E-state index contributed by atoms with van der Waals surface area (Å²) in [5.74, 6) is 0.699. The third-order valence-electron chi connectivity index (χ3n) is 2.12. The van der Waals surface area contributed by atoms with Gasteiger partial charge in [-0.15, -0.1) is 11.3 Å². The van der Waals surface area contributed by atoms with Crippen LogP contribution in [0.2, 0.25) is 5.02 Å². The third kappa shape index (κ3) is 2.51. The van der Waals surface area contributed by atoms with Crippen LogP contribution in [0.15, 0.2) is 23.7 Å². The Bertz CT molecular complexity index is 484. The lowest BCUT2D eigenvalue weighted by Crippen LogP contribution is -2.07. The van der Waals surface area contributed by atoms with Crippen molar-refractivity contribution in [2.45, 2.75) is 19.9 Å². The van der Waals surface area contributed by atoms with Crippen LogP contribution in [-0.4, -0.2) is 9.97 Å². The highest BCUT2D eigenvalue weighted by atomic mass is 35.5. The molecule has 1 atom stereocenters. The number of aromatic nitrogens is 2. The second kappa shape index (κ2) is 4.80. The van der Waals surface area contributed by atoms with Gasteiger partial charge >= 0.3 is 0 Å². The lowest BCUT2D eigenvalue weighted by molar-refractivity contribution is 0.855. The van der Waals surface area contributed by atoms with Crippen LogP contribution in [0.25, 0.3) is 0 Å². The second-order valence-corrected chi connectivity index (χ2v) is 4.82. The average Bonchev–Trinajstić information content (AvgIpc) is 2.68. The van der Waals surface area contributed by atoms with Gasteiger partial charge < -0.3 is 5.32 Å². The number of anilines is 1. The van der Waals surface area contributed by atoms with E-state index in [-0.39, 0.29) is 6.04 Å². The SMILES string of the molecule is Cc1csc(C(C)Nc2ncccc2Cl)n1. The molecule has 0 radical (unpaired) electrons. The summed E-state index contributed by atoms with van der Waals surface area (Å²) in [6.07, 6.45) is 1.72. The number of pyridine rings is 1. The molecule has 1 N–H and O–H groups in total. The van der Waals surface area contributed by atoms with Crippen molar-refractivity contribution in [3.05, 3.63) is 39.4 Å². The van der Waals surface area contributed by atoms with Crippen LogP contribution in [0.5, 0.6) is 0 Å². The van der Waals surface area contributed by atoms with Gasteiger partial charge in [0.05, 0.1) is 11.1 Å². The molecule has 3 nitrogen and oxygen atoms in total. The molecule has 0 aromatic carbocycles. The van der Waals surface area contributed by atoms with Crippen molar-refractivity contribution in [3.63, 3.8) is 0 Å². The number of rotatable bonds is 3. The number of hydrogen-bond acceptors (Lipinski definition) is 4. The Labute approximate surface area is 104 Å². The molecule has 0 spiro atoms. The summed E-state index contributed by atoms with van der Waals surface area (Å²) in [6.45, 7) is 4.03. The first kappa shape index (κ1) is 11.4. The van der Waals surface area contributed by atoms with Gasteiger partial charge in [-0.1, -0.05) is 11.6 Å². The van der Waals surface area contributed by atoms with Crippen LogP contribution in [0.4, 0.5) is 5.82 Å². The number of hydrogen-bond donors (Lipinski definition) is 1. The molecule has 0 aliphatic rings. The Balaban J connectivity index is 2.13. The summed E-state index contributed by atoms with van der Waals surface area (Å²) < 4.78 is 0. The van der Waals surface area contributed by atoms with Crippen molar-refractivity contribution in [1.29, 1.82) is 0 Å². The number of nitrogens with one attached hydrogen (secondary N) is 1. The fourth-order valence-electron chi connectivity index (χ4n) is 1.33. The minimum atomic E-state index is 0.117. The molecule has 2 heterocycles. The summed E-state index contributed by atoms with van der Waals surface area (Å²) in [6, 6.07) is 3.74. The first-order valence-electron chi connectivity index (χ1n) is 4.96. The van der Waals surface area contributed by atoms with E-state index in [9.17, 15) is 0 Å². The lowest BCUT2D eigenvalue weighted by Gasteiger charge is -2.12. The molecule has 5 heteroatoms. The first-order chi connectivity index (χ1) is 7.66. The molecule has 0 saturated carbocycles. The van der Waals surface area contributed by atoms with Gasteiger partial charge in [0, 0.05) is 17.3 Å². The molecule has 16 heavy (non-hydrogen) atoms. The van der Waals surface area contributed by atoms with E-state index >= 15 is 0 Å². The van der Waals surface area contributed by atoms with Crippen molar-refractivity contribution in [3.8, 4) is 0 Å². The second-order valence-electron chi connectivity index (χ2n) is 3.53. The summed E-state index contributed by atoms with van der Waals surface area (Å²) in [7, 11) is 0. The van der Waals surface area contributed by atoms with Crippen molar-refractivity contribution < 1.29 is 0 Å².